The highest BCUT2D eigenvalue weighted by Gasteiger charge is 2.27. The van der Waals surface area contributed by atoms with Gasteiger partial charge in [0.25, 0.3) is 0 Å². The van der Waals surface area contributed by atoms with E-state index >= 15 is 0 Å². The van der Waals surface area contributed by atoms with Gasteiger partial charge >= 0.3 is 0 Å². The highest BCUT2D eigenvalue weighted by Crippen LogP contribution is 2.36. The number of rotatable bonds is 4. The van der Waals surface area contributed by atoms with Crippen molar-refractivity contribution in [3.05, 3.63) is 58.9 Å². The Morgan fingerprint density at radius 1 is 1.24 bits per heavy atom. The number of benzene rings is 2. The van der Waals surface area contributed by atoms with Crippen molar-refractivity contribution >= 4 is 21.6 Å². The van der Waals surface area contributed by atoms with E-state index in [1.54, 1.807) is 23.5 Å². The Morgan fingerprint density at radius 2 is 2.12 bits per heavy atom. The monoisotopic (exact) mass is 356 g/mol. The van der Waals surface area contributed by atoms with Crippen LogP contribution in [-0.4, -0.2) is 23.5 Å². The molecule has 2 aromatic carbocycles. The number of hydrogen-bond acceptors (Lipinski definition) is 4. The van der Waals surface area contributed by atoms with Gasteiger partial charge in [0.15, 0.2) is 11.6 Å². The maximum atomic E-state index is 14.0. The molecule has 25 heavy (non-hydrogen) atoms. The van der Waals surface area contributed by atoms with Gasteiger partial charge in [-0.2, -0.15) is 0 Å². The lowest BCUT2D eigenvalue weighted by Crippen LogP contribution is -2.32. The van der Waals surface area contributed by atoms with Crippen LogP contribution in [0.25, 0.3) is 10.2 Å². The average Bonchev–Trinajstić information content (AvgIpc) is 3.06. The van der Waals surface area contributed by atoms with Gasteiger partial charge in [0.05, 0.1) is 23.4 Å². The van der Waals surface area contributed by atoms with Crippen LogP contribution in [-0.2, 0) is 6.54 Å². The van der Waals surface area contributed by atoms with E-state index in [4.69, 9.17) is 9.72 Å². The summed E-state index contributed by atoms with van der Waals surface area (Å²) in [5.41, 5.74) is 2.05. The van der Waals surface area contributed by atoms with Gasteiger partial charge in [-0.05, 0) is 49.2 Å². The minimum absolute atomic E-state index is 0.296. The summed E-state index contributed by atoms with van der Waals surface area (Å²) in [6.45, 7) is 1.76. The van der Waals surface area contributed by atoms with Crippen molar-refractivity contribution in [1.29, 1.82) is 0 Å². The number of methoxy groups -OCH3 is 1. The summed E-state index contributed by atoms with van der Waals surface area (Å²) in [5.74, 6) is -0.00124. The van der Waals surface area contributed by atoms with Crippen LogP contribution in [0.4, 0.5) is 4.39 Å². The fourth-order valence-corrected chi connectivity index (χ4v) is 4.67. The van der Waals surface area contributed by atoms with Gasteiger partial charge in [-0.1, -0.05) is 24.6 Å². The lowest BCUT2D eigenvalue weighted by atomic mass is 10.0. The molecule has 2 heterocycles. The number of piperidine rings is 1. The molecule has 4 rings (SSSR count). The molecular formula is C20H21FN2OS. The Hall–Kier alpha value is -1.98. The normalized spacial score (nSPS) is 18.6. The summed E-state index contributed by atoms with van der Waals surface area (Å²) < 4.78 is 20.3. The lowest BCUT2D eigenvalue weighted by Gasteiger charge is -2.34. The van der Waals surface area contributed by atoms with E-state index < -0.39 is 0 Å². The van der Waals surface area contributed by atoms with Crippen LogP contribution in [0.15, 0.2) is 42.5 Å². The predicted octanol–water partition coefficient (Wildman–Crippen LogP) is 5.17. The molecule has 0 spiro atoms. The number of thiazole rings is 1. The molecule has 3 aromatic rings. The van der Waals surface area contributed by atoms with E-state index in [2.05, 4.69) is 23.1 Å². The summed E-state index contributed by atoms with van der Waals surface area (Å²) in [6.07, 6.45) is 3.51. The van der Waals surface area contributed by atoms with Crippen molar-refractivity contribution in [2.45, 2.75) is 31.8 Å². The molecule has 3 nitrogen and oxygen atoms in total. The molecule has 1 saturated heterocycles. The number of nitrogens with zero attached hydrogens (tertiary/aromatic N) is 2. The van der Waals surface area contributed by atoms with Crippen LogP contribution in [0.3, 0.4) is 0 Å². The van der Waals surface area contributed by atoms with Gasteiger partial charge in [-0.3, -0.25) is 4.90 Å². The van der Waals surface area contributed by atoms with E-state index in [1.807, 2.05) is 12.1 Å². The third-order valence-corrected chi connectivity index (χ3v) is 5.95. The van der Waals surface area contributed by atoms with Crippen LogP contribution < -0.4 is 4.74 Å². The topological polar surface area (TPSA) is 25.4 Å². The zero-order valence-corrected chi connectivity index (χ0v) is 15.1. The first-order valence-corrected chi connectivity index (χ1v) is 9.48. The maximum absolute atomic E-state index is 14.0. The molecule has 0 unspecified atom stereocenters. The first kappa shape index (κ1) is 16.5. The van der Waals surface area contributed by atoms with Gasteiger partial charge < -0.3 is 4.74 Å². The van der Waals surface area contributed by atoms with Crippen molar-refractivity contribution in [3.8, 4) is 5.75 Å². The number of ether oxygens (including phenoxy) is 1. The Labute approximate surface area is 151 Å². The second kappa shape index (κ2) is 7.10. The Bertz CT molecular complexity index is 846. The third-order valence-electron chi connectivity index (χ3n) is 4.81. The highest BCUT2D eigenvalue weighted by molar-refractivity contribution is 7.18. The van der Waals surface area contributed by atoms with E-state index in [9.17, 15) is 4.39 Å². The lowest BCUT2D eigenvalue weighted by molar-refractivity contribution is 0.140. The first-order valence-electron chi connectivity index (χ1n) is 8.66. The van der Waals surface area contributed by atoms with Crippen LogP contribution >= 0.6 is 11.3 Å². The van der Waals surface area contributed by atoms with E-state index in [-0.39, 0.29) is 5.82 Å². The smallest absolute Gasteiger partial charge is 0.165 e. The van der Waals surface area contributed by atoms with E-state index in [1.165, 1.54) is 29.7 Å². The van der Waals surface area contributed by atoms with Crippen LogP contribution in [0.5, 0.6) is 5.75 Å². The second-order valence-corrected chi connectivity index (χ2v) is 7.53. The van der Waals surface area contributed by atoms with Crippen molar-refractivity contribution < 1.29 is 9.13 Å². The Kier molecular flexibility index (Phi) is 4.68. The molecule has 1 atom stereocenters. The van der Waals surface area contributed by atoms with Gasteiger partial charge in [-0.15, -0.1) is 11.3 Å². The molecule has 130 valence electrons. The number of aromatic nitrogens is 1. The summed E-state index contributed by atoms with van der Waals surface area (Å²) in [6, 6.07) is 13.9. The molecule has 0 aliphatic carbocycles. The summed E-state index contributed by atoms with van der Waals surface area (Å²) in [5, 5.41) is 1.18. The molecule has 1 aliphatic heterocycles. The highest BCUT2D eigenvalue weighted by atomic mass is 32.1. The number of likely N-dealkylation sites (tertiary alicyclic amines) is 1. The Morgan fingerprint density at radius 3 is 2.92 bits per heavy atom. The molecule has 0 saturated carbocycles. The second-order valence-electron chi connectivity index (χ2n) is 6.47. The van der Waals surface area contributed by atoms with Crippen molar-refractivity contribution in [3.63, 3.8) is 0 Å². The largest absolute Gasteiger partial charge is 0.494 e. The third kappa shape index (κ3) is 3.39. The molecule has 0 radical (unpaired) electrons. The van der Waals surface area contributed by atoms with Crippen LogP contribution in [0.2, 0.25) is 0 Å². The molecule has 0 N–H and O–H groups in total. The fraction of sp³-hybridized carbons (Fsp3) is 0.350. The molecule has 0 amide bonds. The number of fused-ring (bicyclic) bond motifs is 1. The van der Waals surface area contributed by atoms with Crippen molar-refractivity contribution in [2.75, 3.05) is 13.7 Å². The summed E-state index contributed by atoms with van der Waals surface area (Å²) in [7, 11) is 1.49. The average molecular weight is 356 g/mol. The van der Waals surface area contributed by atoms with Crippen molar-refractivity contribution in [1.82, 2.24) is 9.88 Å². The van der Waals surface area contributed by atoms with Gasteiger partial charge in [0, 0.05) is 6.54 Å². The van der Waals surface area contributed by atoms with Crippen LogP contribution in [0, 0.1) is 5.82 Å². The minimum atomic E-state index is -0.298. The molecule has 5 heteroatoms. The predicted molar refractivity (Wildman–Crippen MR) is 99.6 cm³/mol. The van der Waals surface area contributed by atoms with E-state index in [0.717, 1.165) is 30.6 Å². The fourth-order valence-electron chi connectivity index (χ4n) is 3.54. The number of halogens is 1. The van der Waals surface area contributed by atoms with Gasteiger partial charge in [-0.25, -0.2) is 9.37 Å². The molecular weight excluding hydrogens is 335 g/mol. The summed E-state index contributed by atoms with van der Waals surface area (Å²) in [4.78, 5) is 7.29. The molecule has 1 aliphatic rings. The quantitative estimate of drug-likeness (QED) is 0.645. The molecule has 1 aromatic heterocycles. The standard InChI is InChI=1S/C20H21FN2OS/c1-24-18-10-9-14(12-15(18)21)13-23-11-5-4-7-17(23)20-22-16-6-2-3-8-19(16)25-20/h2-3,6,8-10,12,17H,4-5,7,11,13H2,1H3/t17-/m0/s1. The molecule has 0 bridgehead atoms. The zero-order chi connectivity index (χ0) is 17.2. The van der Waals surface area contributed by atoms with Gasteiger partial charge in [0.1, 0.15) is 5.01 Å². The minimum Gasteiger partial charge on any atom is -0.494 e. The van der Waals surface area contributed by atoms with E-state index in [0.29, 0.717) is 11.8 Å². The zero-order valence-electron chi connectivity index (χ0n) is 14.2. The maximum Gasteiger partial charge on any atom is 0.165 e. The first-order chi connectivity index (χ1) is 12.2. The van der Waals surface area contributed by atoms with Crippen LogP contribution in [0.1, 0.15) is 35.9 Å². The van der Waals surface area contributed by atoms with Crippen molar-refractivity contribution in [2.24, 2.45) is 0 Å². The molecule has 1 fully saturated rings. The number of hydrogen-bond donors (Lipinski definition) is 0. The summed E-state index contributed by atoms with van der Waals surface area (Å²) >= 11 is 1.78. The SMILES string of the molecule is COc1ccc(CN2CCCC[C@H]2c2nc3ccccc3s2)cc1F. The van der Waals surface area contributed by atoms with Gasteiger partial charge in [0.2, 0.25) is 0 Å². The number of para-hydroxylation sites is 1. The Balaban J connectivity index is 1.59.